The van der Waals surface area contributed by atoms with Gasteiger partial charge in [0.2, 0.25) is 0 Å². The van der Waals surface area contributed by atoms with Crippen molar-refractivity contribution >= 4 is 11.8 Å². The number of nitrogens with two attached hydrogens (primary N) is 1. The number of hydrogen-bond acceptors (Lipinski definition) is 3. The van der Waals surface area contributed by atoms with E-state index in [9.17, 15) is 0 Å². The SMILES string of the molecule is CCN(CC)c1ccc(N)o1. The first-order chi connectivity index (χ1) is 5.27. The normalized spacial score (nSPS) is 10.0. The molecule has 3 heteroatoms. The number of rotatable bonds is 3. The van der Waals surface area contributed by atoms with Crippen LogP contribution in [0.3, 0.4) is 0 Å². The molecule has 2 N–H and O–H groups in total. The molecule has 1 heterocycles. The van der Waals surface area contributed by atoms with Gasteiger partial charge in [-0.3, -0.25) is 0 Å². The Morgan fingerprint density at radius 3 is 2.36 bits per heavy atom. The third-order valence-corrected chi connectivity index (χ3v) is 1.69. The highest BCUT2D eigenvalue weighted by Crippen LogP contribution is 2.18. The van der Waals surface area contributed by atoms with E-state index in [1.165, 1.54) is 0 Å². The van der Waals surface area contributed by atoms with Crippen LogP contribution in [0.25, 0.3) is 0 Å². The second-order valence-corrected chi connectivity index (χ2v) is 2.35. The molecule has 0 saturated carbocycles. The number of furan rings is 1. The van der Waals surface area contributed by atoms with Crippen molar-refractivity contribution in [3.8, 4) is 0 Å². The monoisotopic (exact) mass is 154 g/mol. The lowest BCUT2D eigenvalue weighted by Gasteiger charge is -2.16. The van der Waals surface area contributed by atoms with Gasteiger partial charge in [-0.25, -0.2) is 0 Å². The standard InChI is InChI=1S/C8H14N2O/c1-3-10(4-2)8-6-5-7(9)11-8/h5-6H,3-4,9H2,1-2H3. The molecular formula is C8H14N2O. The van der Waals surface area contributed by atoms with Gasteiger partial charge < -0.3 is 15.1 Å². The molecule has 0 radical (unpaired) electrons. The van der Waals surface area contributed by atoms with E-state index in [4.69, 9.17) is 10.2 Å². The second kappa shape index (κ2) is 3.32. The first-order valence-corrected chi connectivity index (χ1v) is 3.88. The van der Waals surface area contributed by atoms with Crippen molar-refractivity contribution in [2.24, 2.45) is 0 Å². The summed E-state index contributed by atoms with van der Waals surface area (Å²) in [6.07, 6.45) is 0. The van der Waals surface area contributed by atoms with Crippen molar-refractivity contribution in [1.82, 2.24) is 0 Å². The fourth-order valence-corrected chi connectivity index (χ4v) is 1.05. The van der Waals surface area contributed by atoms with Crippen molar-refractivity contribution in [3.05, 3.63) is 12.1 Å². The summed E-state index contributed by atoms with van der Waals surface area (Å²) < 4.78 is 5.23. The van der Waals surface area contributed by atoms with E-state index in [1.807, 2.05) is 6.07 Å². The first kappa shape index (κ1) is 7.98. The van der Waals surface area contributed by atoms with Crippen LogP contribution in [0.4, 0.5) is 11.8 Å². The molecule has 0 spiro atoms. The van der Waals surface area contributed by atoms with Gasteiger partial charge >= 0.3 is 0 Å². The molecule has 0 amide bonds. The van der Waals surface area contributed by atoms with Crippen molar-refractivity contribution in [3.63, 3.8) is 0 Å². The van der Waals surface area contributed by atoms with Gasteiger partial charge in [-0.15, -0.1) is 0 Å². The Morgan fingerprint density at radius 2 is 2.00 bits per heavy atom. The summed E-state index contributed by atoms with van der Waals surface area (Å²) in [5.41, 5.74) is 5.43. The van der Waals surface area contributed by atoms with Gasteiger partial charge in [0.25, 0.3) is 0 Å². The van der Waals surface area contributed by atoms with E-state index in [2.05, 4.69) is 18.7 Å². The van der Waals surface area contributed by atoms with Crippen LogP contribution >= 0.6 is 0 Å². The average Bonchev–Trinajstić information content (AvgIpc) is 2.39. The van der Waals surface area contributed by atoms with Gasteiger partial charge in [0.1, 0.15) is 0 Å². The summed E-state index contributed by atoms with van der Waals surface area (Å²) in [6.45, 7) is 6.07. The summed E-state index contributed by atoms with van der Waals surface area (Å²) in [7, 11) is 0. The Bertz CT molecular complexity index is 216. The van der Waals surface area contributed by atoms with Crippen LogP contribution in [-0.2, 0) is 0 Å². The van der Waals surface area contributed by atoms with Crippen LogP contribution in [0.2, 0.25) is 0 Å². The molecular weight excluding hydrogens is 140 g/mol. The Labute approximate surface area is 66.8 Å². The van der Waals surface area contributed by atoms with Crippen LogP contribution < -0.4 is 10.6 Å². The summed E-state index contributed by atoms with van der Waals surface area (Å²) in [6, 6.07) is 3.66. The second-order valence-electron chi connectivity index (χ2n) is 2.35. The highest BCUT2D eigenvalue weighted by atomic mass is 16.4. The molecule has 1 aromatic heterocycles. The minimum Gasteiger partial charge on any atom is -0.425 e. The molecule has 3 nitrogen and oxygen atoms in total. The molecule has 0 aliphatic rings. The van der Waals surface area contributed by atoms with Gasteiger partial charge in [-0.2, -0.15) is 0 Å². The molecule has 62 valence electrons. The zero-order valence-electron chi connectivity index (χ0n) is 7.00. The van der Waals surface area contributed by atoms with Crippen LogP contribution in [0.15, 0.2) is 16.5 Å². The first-order valence-electron chi connectivity index (χ1n) is 3.88. The third kappa shape index (κ3) is 1.67. The molecule has 1 aromatic rings. The topological polar surface area (TPSA) is 42.4 Å². The molecule has 0 aliphatic heterocycles. The Kier molecular flexibility index (Phi) is 2.41. The Morgan fingerprint density at radius 1 is 1.36 bits per heavy atom. The van der Waals surface area contributed by atoms with E-state index in [1.54, 1.807) is 6.07 Å². The maximum absolute atomic E-state index is 5.43. The molecule has 0 atom stereocenters. The molecule has 11 heavy (non-hydrogen) atoms. The summed E-state index contributed by atoms with van der Waals surface area (Å²) in [5.74, 6) is 1.33. The minimum atomic E-state index is 0.479. The van der Waals surface area contributed by atoms with Gasteiger partial charge in [0.05, 0.1) is 0 Å². The van der Waals surface area contributed by atoms with E-state index in [0.29, 0.717) is 5.88 Å². The Hall–Kier alpha value is -1.12. The Balaban J connectivity index is 2.73. The number of hydrogen-bond donors (Lipinski definition) is 1. The molecule has 0 aromatic carbocycles. The lowest BCUT2D eigenvalue weighted by atomic mass is 10.5. The molecule has 0 bridgehead atoms. The van der Waals surface area contributed by atoms with E-state index in [-0.39, 0.29) is 0 Å². The molecule has 0 saturated heterocycles. The van der Waals surface area contributed by atoms with Crippen LogP contribution in [0.5, 0.6) is 0 Å². The maximum Gasteiger partial charge on any atom is 0.198 e. The zero-order valence-corrected chi connectivity index (χ0v) is 7.00. The van der Waals surface area contributed by atoms with Gasteiger partial charge in [0, 0.05) is 25.2 Å². The van der Waals surface area contributed by atoms with Gasteiger partial charge in [-0.1, -0.05) is 0 Å². The number of anilines is 2. The van der Waals surface area contributed by atoms with E-state index >= 15 is 0 Å². The molecule has 0 aliphatic carbocycles. The predicted molar refractivity (Wildman–Crippen MR) is 46.7 cm³/mol. The fourth-order valence-electron chi connectivity index (χ4n) is 1.05. The molecule has 0 fully saturated rings. The lowest BCUT2D eigenvalue weighted by molar-refractivity contribution is 0.567. The lowest BCUT2D eigenvalue weighted by Crippen LogP contribution is -2.20. The number of nitrogens with zero attached hydrogens (tertiary/aromatic N) is 1. The summed E-state index contributed by atoms with van der Waals surface area (Å²) in [4.78, 5) is 2.11. The van der Waals surface area contributed by atoms with Crippen LogP contribution in [0, 0.1) is 0 Å². The van der Waals surface area contributed by atoms with Crippen molar-refractivity contribution in [1.29, 1.82) is 0 Å². The van der Waals surface area contributed by atoms with Crippen molar-refractivity contribution in [2.75, 3.05) is 23.7 Å². The molecule has 0 unspecified atom stereocenters. The van der Waals surface area contributed by atoms with Crippen LogP contribution in [0.1, 0.15) is 13.8 Å². The predicted octanol–water partition coefficient (Wildman–Crippen LogP) is 1.71. The fraction of sp³-hybridized carbons (Fsp3) is 0.500. The van der Waals surface area contributed by atoms with E-state index < -0.39 is 0 Å². The van der Waals surface area contributed by atoms with Crippen molar-refractivity contribution in [2.45, 2.75) is 13.8 Å². The largest absolute Gasteiger partial charge is 0.425 e. The van der Waals surface area contributed by atoms with Gasteiger partial charge in [0.15, 0.2) is 11.8 Å². The highest BCUT2D eigenvalue weighted by Gasteiger charge is 2.04. The quantitative estimate of drug-likeness (QED) is 0.720. The summed E-state index contributed by atoms with van der Waals surface area (Å²) in [5, 5.41) is 0. The molecule has 1 rings (SSSR count). The smallest absolute Gasteiger partial charge is 0.198 e. The maximum atomic E-state index is 5.43. The number of nitrogen functional groups attached to an aromatic ring is 1. The highest BCUT2D eigenvalue weighted by molar-refractivity contribution is 5.41. The van der Waals surface area contributed by atoms with Gasteiger partial charge in [-0.05, 0) is 13.8 Å². The average molecular weight is 154 g/mol. The van der Waals surface area contributed by atoms with Crippen molar-refractivity contribution < 1.29 is 4.42 Å². The van der Waals surface area contributed by atoms with Crippen LogP contribution in [-0.4, -0.2) is 13.1 Å². The summed E-state index contributed by atoms with van der Waals surface area (Å²) >= 11 is 0. The minimum absolute atomic E-state index is 0.479. The van der Waals surface area contributed by atoms with E-state index in [0.717, 1.165) is 19.0 Å². The third-order valence-electron chi connectivity index (χ3n) is 1.69. The zero-order chi connectivity index (χ0) is 8.27.